The summed E-state index contributed by atoms with van der Waals surface area (Å²) in [7, 11) is -4.51. The highest BCUT2D eigenvalue weighted by Gasteiger charge is 2.56. The van der Waals surface area contributed by atoms with Crippen molar-refractivity contribution in [3.8, 4) is 0 Å². The van der Waals surface area contributed by atoms with E-state index in [2.05, 4.69) is 19.9 Å². The highest BCUT2D eigenvalue weighted by atomic mass is 31.2. The summed E-state index contributed by atoms with van der Waals surface area (Å²) >= 11 is 0. The minimum absolute atomic E-state index is 0.211. The number of hydrogen-bond donors (Lipinski definition) is 7. The monoisotopic (exact) mass is 644 g/mol. The summed E-state index contributed by atoms with van der Waals surface area (Å²) in [6.45, 7) is 2.01. The molecule has 8 atom stereocenters. The summed E-state index contributed by atoms with van der Waals surface area (Å²) in [4.78, 5) is 33.5. The molecule has 9 N–H and O–H groups in total. The molecule has 2 fully saturated rings. The van der Waals surface area contributed by atoms with Crippen LogP contribution in [0.15, 0.2) is 37.2 Å². The second-order valence-electron chi connectivity index (χ2n) is 10.7. The van der Waals surface area contributed by atoms with Crippen LogP contribution in [0.3, 0.4) is 0 Å². The number of nitrogens with two attached hydrogens (primary N) is 2. The van der Waals surface area contributed by atoms with E-state index >= 15 is 0 Å². The number of nitrogens with zero attached hydrogens (tertiary/aromatic N) is 6. The first-order valence-electron chi connectivity index (χ1n) is 13.0. The van der Waals surface area contributed by atoms with Crippen LogP contribution in [0.25, 0.3) is 22.1 Å². The lowest BCUT2D eigenvalue weighted by atomic mass is 9.98. The van der Waals surface area contributed by atoms with Crippen LogP contribution in [0.4, 0.5) is 20.4 Å². The number of fused-ring (bicyclic) bond motifs is 2. The van der Waals surface area contributed by atoms with Gasteiger partial charge in [0.25, 0.3) is 0 Å². The minimum Gasteiger partial charge on any atom is -0.394 e. The normalized spacial score (nSPS) is 32.3. The molecule has 4 aromatic heterocycles. The Morgan fingerprint density at radius 3 is 1.84 bits per heavy atom. The van der Waals surface area contributed by atoms with Crippen molar-refractivity contribution in [2.75, 3.05) is 24.4 Å². The first-order valence-corrected chi connectivity index (χ1v) is 14.8. The molecule has 20 heteroatoms. The van der Waals surface area contributed by atoms with Crippen LogP contribution in [0.1, 0.15) is 26.3 Å². The van der Waals surface area contributed by atoms with E-state index < -0.39 is 68.9 Å². The van der Waals surface area contributed by atoms with E-state index in [1.54, 1.807) is 18.3 Å². The standard InChI is InChI=1S/C12H16FN4O6P.C12H15FN4O3/c1-12(18)7(13)10(22-5-24(19,20)21)23-11(12)17-3-2-6-8(14)15-4-16-9(6)17;1-12(19)8(13)7(4-18)20-11(12)17-3-2-6-9(14)15-5-16-10(6)17/h2-4,7,10-11,18H,5H2,1H3,(H2,14,15,16)(H2,19,20,21);2-3,5,7-8,11,18-19H,4H2,1H3,(H2,14,15,16)/t7?,10-,11+,12+;7-,8?,11-,12-/m01/s1. The number of nitrogen functional groups attached to an aromatic ring is 2. The zero-order chi connectivity index (χ0) is 32.2. The summed E-state index contributed by atoms with van der Waals surface area (Å²) in [5.41, 5.74) is 8.42. The Hall–Kier alpha value is -3.39. The molecule has 0 spiro atoms. The largest absolute Gasteiger partial charge is 0.394 e. The average molecular weight is 645 g/mol. The Balaban J connectivity index is 0.000000177. The van der Waals surface area contributed by atoms with Gasteiger partial charge in [0, 0.05) is 12.4 Å². The Morgan fingerprint density at radius 1 is 0.909 bits per heavy atom. The Labute approximate surface area is 247 Å². The van der Waals surface area contributed by atoms with E-state index in [9.17, 15) is 23.6 Å². The van der Waals surface area contributed by atoms with Crippen LogP contribution in [0.5, 0.6) is 0 Å². The van der Waals surface area contributed by atoms with Crippen molar-refractivity contribution in [1.29, 1.82) is 0 Å². The van der Waals surface area contributed by atoms with Crippen molar-refractivity contribution in [1.82, 2.24) is 29.1 Å². The summed E-state index contributed by atoms with van der Waals surface area (Å²) in [6.07, 6.45) is -4.12. The Kier molecular flexibility index (Phi) is 8.38. The molecule has 0 radical (unpaired) electrons. The summed E-state index contributed by atoms with van der Waals surface area (Å²) in [5, 5.41) is 31.0. The van der Waals surface area contributed by atoms with Crippen LogP contribution >= 0.6 is 7.60 Å². The first kappa shape index (κ1) is 32.0. The van der Waals surface area contributed by atoms with Crippen LogP contribution in [0.2, 0.25) is 0 Å². The number of aromatic nitrogens is 6. The van der Waals surface area contributed by atoms with Gasteiger partial charge in [0.1, 0.15) is 52.9 Å². The molecular formula is C24H31F2N8O9P. The summed E-state index contributed by atoms with van der Waals surface area (Å²) in [6, 6.07) is 3.25. The molecule has 0 amide bonds. The lowest BCUT2D eigenvalue weighted by Crippen LogP contribution is -2.41. The van der Waals surface area contributed by atoms with Gasteiger partial charge >= 0.3 is 7.60 Å². The topological polar surface area (TPSA) is 259 Å². The highest BCUT2D eigenvalue weighted by molar-refractivity contribution is 7.51. The summed E-state index contributed by atoms with van der Waals surface area (Å²) in [5.74, 6) is 0.504. The van der Waals surface area contributed by atoms with E-state index in [0.29, 0.717) is 27.9 Å². The van der Waals surface area contributed by atoms with Crippen LogP contribution < -0.4 is 11.5 Å². The molecule has 6 heterocycles. The van der Waals surface area contributed by atoms with E-state index in [1.807, 2.05) is 0 Å². The number of halogens is 2. The maximum absolute atomic E-state index is 14.4. The molecule has 0 aliphatic carbocycles. The van der Waals surface area contributed by atoms with Crippen molar-refractivity contribution in [2.45, 2.75) is 62.2 Å². The van der Waals surface area contributed by atoms with E-state index in [1.165, 1.54) is 41.8 Å². The van der Waals surface area contributed by atoms with Gasteiger partial charge in [-0.1, -0.05) is 0 Å². The maximum Gasteiger partial charge on any atom is 0.351 e. The third-order valence-electron chi connectivity index (χ3n) is 7.42. The van der Waals surface area contributed by atoms with Gasteiger partial charge in [-0.2, -0.15) is 0 Å². The average Bonchev–Trinajstić information content (AvgIpc) is 3.68. The second kappa shape index (κ2) is 11.5. The van der Waals surface area contributed by atoms with Gasteiger partial charge in [-0.05, 0) is 26.0 Å². The van der Waals surface area contributed by atoms with Crippen LogP contribution in [-0.2, 0) is 18.8 Å². The third-order valence-corrected chi connectivity index (χ3v) is 7.91. The minimum atomic E-state index is -4.51. The molecule has 2 aliphatic rings. The van der Waals surface area contributed by atoms with Crippen molar-refractivity contribution >= 4 is 41.3 Å². The molecule has 2 unspecified atom stereocenters. The van der Waals surface area contributed by atoms with E-state index in [-0.39, 0.29) is 5.82 Å². The number of aliphatic hydroxyl groups is 3. The van der Waals surface area contributed by atoms with Gasteiger partial charge in [0.2, 0.25) is 0 Å². The fraction of sp³-hybridized carbons (Fsp3) is 0.500. The number of ether oxygens (including phenoxy) is 3. The van der Waals surface area contributed by atoms with Crippen LogP contribution in [-0.4, -0.2) is 103 Å². The third kappa shape index (κ3) is 5.62. The number of anilines is 2. The molecular weight excluding hydrogens is 613 g/mol. The number of hydrogen-bond acceptors (Lipinski definition) is 13. The van der Waals surface area contributed by atoms with Gasteiger partial charge in [-0.15, -0.1) is 0 Å². The predicted molar refractivity (Wildman–Crippen MR) is 148 cm³/mol. The number of rotatable bonds is 6. The van der Waals surface area contributed by atoms with Gasteiger partial charge in [-0.25, -0.2) is 28.7 Å². The predicted octanol–water partition coefficient (Wildman–Crippen LogP) is 0.102. The SMILES string of the molecule is C[C@@]1(O)C(F)[C@@H](CO)O[C@H]1n1ccc2c(N)ncnc21.C[C@@]1(O)C(F)[C@@H](OCP(=O)(O)O)O[C@H]1n1ccc2c(N)ncnc21. The number of aliphatic hydroxyl groups excluding tert-OH is 1. The number of alkyl halides is 2. The highest BCUT2D eigenvalue weighted by Crippen LogP contribution is 2.44. The quantitative estimate of drug-likeness (QED) is 0.137. The van der Waals surface area contributed by atoms with E-state index in [0.717, 1.165) is 0 Å². The molecule has 0 bridgehead atoms. The van der Waals surface area contributed by atoms with Crippen molar-refractivity contribution in [3.63, 3.8) is 0 Å². The van der Waals surface area contributed by atoms with Gasteiger partial charge < -0.3 is 59.9 Å². The maximum atomic E-state index is 14.4. The molecule has 44 heavy (non-hydrogen) atoms. The molecule has 2 saturated heterocycles. The van der Waals surface area contributed by atoms with Crippen molar-refractivity contribution in [3.05, 3.63) is 37.2 Å². The van der Waals surface area contributed by atoms with E-state index in [4.69, 9.17) is 40.6 Å². The molecule has 0 aromatic carbocycles. The fourth-order valence-corrected chi connectivity index (χ4v) is 5.46. The summed E-state index contributed by atoms with van der Waals surface area (Å²) < 4.78 is 57.8. The Morgan fingerprint density at radius 2 is 1.39 bits per heavy atom. The lowest BCUT2D eigenvalue weighted by Gasteiger charge is -2.26. The van der Waals surface area contributed by atoms with Gasteiger partial charge in [0.15, 0.2) is 37.4 Å². The molecule has 17 nitrogen and oxygen atoms in total. The smallest absolute Gasteiger partial charge is 0.351 e. The van der Waals surface area contributed by atoms with Crippen molar-refractivity contribution < 1.29 is 52.7 Å². The van der Waals surface area contributed by atoms with Crippen LogP contribution in [0, 0.1) is 0 Å². The second-order valence-corrected chi connectivity index (χ2v) is 12.3. The fourth-order valence-electron chi connectivity index (χ4n) is 5.11. The Bertz CT molecular complexity index is 1700. The zero-order valence-corrected chi connectivity index (χ0v) is 24.1. The van der Waals surface area contributed by atoms with Gasteiger partial charge in [0.05, 0.1) is 17.4 Å². The molecule has 4 aromatic rings. The zero-order valence-electron chi connectivity index (χ0n) is 23.3. The molecule has 240 valence electrons. The van der Waals surface area contributed by atoms with Crippen molar-refractivity contribution in [2.24, 2.45) is 0 Å². The van der Waals surface area contributed by atoms with Gasteiger partial charge in [-0.3, -0.25) is 4.57 Å². The lowest BCUT2D eigenvalue weighted by molar-refractivity contribution is -0.160. The molecule has 2 aliphatic heterocycles. The molecule has 6 rings (SSSR count). The molecule has 0 saturated carbocycles. The first-order chi connectivity index (χ1) is 20.6.